The fraction of sp³-hybridized carbons (Fsp3) is 0.333. The van der Waals surface area contributed by atoms with E-state index >= 15 is 0 Å². The lowest BCUT2D eigenvalue weighted by Crippen LogP contribution is -2.46. The van der Waals surface area contributed by atoms with Crippen LogP contribution in [0.5, 0.6) is 0 Å². The summed E-state index contributed by atoms with van der Waals surface area (Å²) < 4.78 is 5.15. The Labute approximate surface area is 236 Å². The minimum Gasteiger partial charge on any atom is -0.389 e. The molecule has 2 saturated carbocycles. The van der Waals surface area contributed by atoms with Gasteiger partial charge in [0.1, 0.15) is 12.1 Å². The van der Waals surface area contributed by atoms with Gasteiger partial charge in [0, 0.05) is 54.7 Å². The molecule has 2 aliphatic carbocycles. The Bertz CT molecular complexity index is 1800. The molecule has 0 aliphatic heterocycles. The summed E-state index contributed by atoms with van der Waals surface area (Å²) in [5.41, 5.74) is 4.74. The van der Waals surface area contributed by atoms with Crippen molar-refractivity contribution in [2.24, 2.45) is 7.05 Å². The fourth-order valence-electron chi connectivity index (χ4n) is 5.48. The van der Waals surface area contributed by atoms with E-state index in [0.717, 1.165) is 65.6 Å². The second kappa shape index (κ2) is 9.69. The largest absolute Gasteiger partial charge is 0.389 e. The van der Waals surface area contributed by atoms with Crippen molar-refractivity contribution in [1.82, 2.24) is 34.0 Å². The Morgan fingerprint density at radius 1 is 1.10 bits per heavy atom. The Morgan fingerprint density at radius 2 is 1.95 bits per heavy atom. The average molecular weight is 556 g/mol. The number of hydrogen-bond acceptors (Lipinski definition) is 6. The van der Waals surface area contributed by atoms with E-state index < -0.39 is 5.60 Å². The SMILES string of the molecule is Cn1cnnc1-c1cc(Cl)ccc1-c1cc(C2CC2)nc(-n2cc3ccc(CNCC4(O)CCC4)cn3c2=O)c1. The van der Waals surface area contributed by atoms with Crippen LogP contribution in [0.25, 0.3) is 33.8 Å². The smallest absolute Gasteiger partial charge is 0.338 e. The molecular weight excluding hydrogens is 526 g/mol. The van der Waals surface area contributed by atoms with Gasteiger partial charge in [-0.15, -0.1) is 10.2 Å². The van der Waals surface area contributed by atoms with Gasteiger partial charge in [0.25, 0.3) is 0 Å². The van der Waals surface area contributed by atoms with Crippen molar-refractivity contribution in [2.45, 2.75) is 50.2 Å². The summed E-state index contributed by atoms with van der Waals surface area (Å²) in [6.07, 6.45) is 10.3. The fourth-order valence-corrected chi connectivity index (χ4v) is 5.66. The summed E-state index contributed by atoms with van der Waals surface area (Å²) in [6.45, 7) is 1.14. The van der Waals surface area contributed by atoms with Crippen LogP contribution in [0, 0.1) is 0 Å². The van der Waals surface area contributed by atoms with Crippen LogP contribution in [0.1, 0.15) is 49.3 Å². The highest BCUT2D eigenvalue weighted by molar-refractivity contribution is 6.31. The van der Waals surface area contributed by atoms with Crippen molar-refractivity contribution in [3.05, 3.63) is 87.9 Å². The number of pyridine rings is 2. The topological polar surface area (TPSA) is 102 Å². The molecule has 2 N–H and O–H groups in total. The number of halogens is 1. The molecule has 7 rings (SSSR count). The minimum absolute atomic E-state index is 0.175. The van der Waals surface area contributed by atoms with Gasteiger partial charge in [0.05, 0.1) is 11.1 Å². The number of benzene rings is 1. The summed E-state index contributed by atoms with van der Waals surface area (Å²) in [6, 6.07) is 13.8. The van der Waals surface area contributed by atoms with Gasteiger partial charge in [0.15, 0.2) is 5.82 Å². The van der Waals surface area contributed by atoms with E-state index in [0.29, 0.717) is 35.7 Å². The van der Waals surface area contributed by atoms with E-state index in [2.05, 4.69) is 21.6 Å². The molecule has 0 amide bonds. The number of imidazole rings is 1. The molecule has 204 valence electrons. The molecule has 0 radical (unpaired) electrons. The van der Waals surface area contributed by atoms with Crippen LogP contribution in [-0.4, -0.2) is 46.0 Å². The van der Waals surface area contributed by atoms with Crippen LogP contribution in [0.15, 0.2) is 66.0 Å². The van der Waals surface area contributed by atoms with Crippen LogP contribution in [0.3, 0.4) is 0 Å². The zero-order chi connectivity index (χ0) is 27.4. The first-order valence-electron chi connectivity index (χ1n) is 13.7. The van der Waals surface area contributed by atoms with Crippen molar-refractivity contribution in [3.63, 3.8) is 0 Å². The number of hydrogen-bond donors (Lipinski definition) is 2. The Kier molecular flexibility index (Phi) is 6.10. The second-order valence-corrected chi connectivity index (χ2v) is 11.6. The summed E-state index contributed by atoms with van der Waals surface area (Å²) in [7, 11) is 1.90. The quantitative estimate of drug-likeness (QED) is 0.293. The first-order chi connectivity index (χ1) is 19.4. The van der Waals surface area contributed by atoms with Crippen LogP contribution < -0.4 is 11.0 Å². The molecule has 4 aromatic heterocycles. The van der Waals surface area contributed by atoms with Gasteiger partial charge >= 0.3 is 5.69 Å². The number of aliphatic hydroxyl groups is 1. The molecule has 40 heavy (non-hydrogen) atoms. The van der Waals surface area contributed by atoms with Crippen molar-refractivity contribution in [1.29, 1.82) is 0 Å². The monoisotopic (exact) mass is 555 g/mol. The van der Waals surface area contributed by atoms with E-state index in [4.69, 9.17) is 16.6 Å². The standard InChI is InChI=1S/C30H30ClN7O2/c1-36-18-33-35-28(36)25-13-22(31)6-8-24(25)21-11-26(20-4-5-20)34-27(12-21)38-16-23-7-3-19(15-37(23)29(38)39)14-32-17-30(40)9-2-10-30/h3,6-8,11-13,15-16,18,20,32,40H,2,4-5,9-10,14,17H2,1H3. The number of aromatic nitrogens is 6. The highest BCUT2D eigenvalue weighted by atomic mass is 35.5. The van der Waals surface area contributed by atoms with Crippen molar-refractivity contribution in [3.8, 4) is 28.3 Å². The molecule has 9 nitrogen and oxygen atoms in total. The normalized spacial score (nSPS) is 16.4. The van der Waals surface area contributed by atoms with Crippen LogP contribution in [0.4, 0.5) is 0 Å². The van der Waals surface area contributed by atoms with Gasteiger partial charge in [0.2, 0.25) is 0 Å². The van der Waals surface area contributed by atoms with Crippen molar-refractivity contribution in [2.75, 3.05) is 6.54 Å². The van der Waals surface area contributed by atoms with E-state index in [1.54, 1.807) is 15.3 Å². The van der Waals surface area contributed by atoms with Gasteiger partial charge in [-0.05, 0) is 79.1 Å². The third-order valence-electron chi connectivity index (χ3n) is 8.10. The first-order valence-corrected chi connectivity index (χ1v) is 14.1. The molecule has 1 aromatic carbocycles. The summed E-state index contributed by atoms with van der Waals surface area (Å²) in [5, 5.41) is 22.7. The lowest BCUT2D eigenvalue weighted by Gasteiger charge is -2.36. The maximum atomic E-state index is 13.6. The number of nitrogens with one attached hydrogen (secondary N) is 1. The molecule has 10 heteroatoms. The maximum absolute atomic E-state index is 13.6. The van der Waals surface area contributed by atoms with Crippen LogP contribution in [-0.2, 0) is 13.6 Å². The van der Waals surface area contributed by atoms with Crippen LogP contribution >= 0.6 is 11.6 Å². The third kappa shape index (κ3) is 4.64. The Morgan fingerprint density at radius 3 is 2.67 bits per heavy atom. The number of fused-ring (bicyclic) bond motifs is 1. The zero-order valence-electron chi connectivity index (χ0n) is 22.2. The van der Waals surface area contributed by atoms with Gasteiger partial charge in [-0.2, -0.15) is 0 Å². The average Bonchev–Trinajstić information content (AvgIpc) is 3.62. The molecule has 2 fully saturated rings. The molecule has 0 unspecified atom stereocenters. The third-order valence-corrected chi connectivity index (χ3v) is 8.34. The summed E-state index contributed by atoms with van der Waals surface area (Å²) in [5.74, 6) is 1.68. The summed E-state index contributed by atoms with van der Waals surface area (Å²) >= 11 is 6.40. The van der Waals surface area contributed by atoms with E-state index in [-0.39, 0.29) is 5.69 Å². The van der Waals surface area contributed by atoms with Crippen molar-refractivity contribution >= 4 is 17.1 Å². The molecule has 0 atom stereocenters. The first kappa shape index (κ1) is 25.2. The predicted molar refractivity (Wildman–Crippen MR) is 154 cm³/mol. The second-order valence-electron chi connectivity index (χ2n) is 11.2. The van der Waals surface area contributed by atoms with Gasteiger partial charge in [-0.25, -0.2) is 9.78 Å². The molecule has 0 bridgehead atoms. The molecule has 5 aromatic rings. The zero-order valence-corrected chi connectivity index (χ0v) is 23.0. The van der Waals surface area contributed by atoms with E-state index in [1.165, 1.54) is 0 Å². The Hall–Kier alpha value is -3.79. The number of nitrogens with zero attached hydrogens (tertiary/aromatic N) is 6. The van der Waals surface area contributed by atoms with Gasteiger partial charge in [-0.1, -0.05) is 23.7 Å². The molecule has 4 heterocycles. The minimum atomic E-state index is -0.586. The van der Waals surface area contributed by atoms with E-state index in [1.807, 2.05) is 60.4 Å². The van der Waals surface area contributed by atoms with E-state index in [9.17, 15) is 9.90 Å². The molecule has 2 aliphatic rings. The Balaban J connectivity index is 1.28. The predicted octanol–water partition coefficient (Wildman–Crippen LogP) is 4.48. The van der Waals surface area contributed by atoms with Gasteiger partial charge < -0.3 is 15.0 Å². The van der Waals surface area contributed by atoms with Crippen LogP contribution in [0.2, 0.25) is 5.02 Å². The maximum Gasteiger partial charge on any atom is 0.338 e. The lowest BCUT2D eigenvalue weighted by atomic mass is 9.80. The number of aryl methyl sites for hydroxylation is 1. The van der Waals surface area contributed by atoms with Crippen molar-refractivity contribution < 1.29 is 5.11 Å². The molecule has 0 spiro atoms. The lowest BCUT2D eigenvalue weighted by molar-refractivity contribution is -0.0314. The molecule has 0 saturated heterocycles. The number of rotatable bonds is 8. The van der Waals surface area contributed by atoms with Gasteiger partial charge in [-0.3, -0.25) is 8.97 Å². The highest BCUT2D eigenvalue weighted by Gasteiger charge is 2.33. The highest BCUT2D eigenvalue weighted by Crippen LogP contribution is 2.42. The molecular formula is C30H30ClN7O2. The summed E-state index contributed by atoms with van der Waals surface area (Å²) in [4.78, 5) is 18.6.